The summed E-state index contributed by atoms with van der Waals surface area (Å²) < 4.78 is 0. The van der Waals surface area contributed by atoms with Crippen molar-refractivity contribution in [2.45, 2.75) is 0 Å². The van der Waals surface area contributed by atoms with Gasteiger partial charge < -0.3 is 0 Å². The molecular weight excluding hydrogens is 290 g/mol. The van der Waals surface area contributed by atoms with Gasteiger partial charge in [0.15, 0.2) is 0 Å². The topological polar surface area (TPSA) is 0 Å². The van der Waals surface area contributed by atoms with E-state index in [2.05, 4.69) is 37.7 Å². The van der Waals surface area contributed by atoms with Crippen molar-refractivity contribution in [3.05, 3.63) is 7.43 Å². The molecule has 0 amide bonds. The lowest BCUT2D eigenvalue weighted by atomic mass is 12.0. The van der Waals surface area contributed by atoms with Gasteiger partial charge in [-0.05, 0) is 0 Å². The predicted molar refractivity (Wildman–Crippen MR) is 40.2 cm³/mol. The average Bonchev–Trinajstić information content (AvgIpc) is 0.918. The van der Waals surface area contributed by atoms with Crippen LogP contribution in [0.4, 0.5) is 0 Å². The fourth-order valence-corrected chi connectivity index (χ4v) is 0. The molecule has 0 spiro atoms. The highest BCUT2D eigenvalue weighted by Crippen LogP contribution is 1.80. The Labute approximate surface area is 56.6 Å². The number of hydrogen-bond acceptors (Lipinski definition) is 0. The van der Waals surface area contributed by atoms with Gasteiger partial charge in [0.25, 0.3) is 0 Å². The molecule has 0 saturated carbocycles. The molecule has 0 unspecified atom stereocenters. The van der Waals surface area contributed by atoms with Crippen molar-refractivity contribution in [1.29, 1.82) is 0 Å². The van der Waals surface area contributed by atoms with Gasteiger partial charge in [0.1, 0.15) is 0 Å². The molecular formula is CH3I2Mg. The third kappa shape index (κ3) is 8.88. The normalized spacial score (nSPS) is 2.50. The monoisotopic (exact) mass is 293 g/mol. The van der Waals surface area contributed by atoms with Gasteiger partial charge in [0.2, 0.25) is 0 Å². The zero-order valence-corrected chi connectivity index (χ0v) is 8.19. The first-order valence-electron chi connectivity index (χ1n) is 0.535. The van der Waals surface area contributed by atoms with Crippen molar-refractivity contribution >= 4 is 50.3 Å². The van der Waals surface area contributed by atoms with E-state index < -0.39 is 0 Å². The van der Waals surface area contributed by atoms with Crippen LogP contribution < -0.4 is 0 Å². The third-order valence-electron chi connectivity index (χ3n) is 0. The molecule has 0 aliphatic heterocycles. The highest BCUT2D eigenvalue weighted by Gasteiger charge is 1.61. The summed E-state index contributed by atoms with van der Waals surface area (Å²) >= 11 is 5.18. The van der Waals surface area contributed by atoms with Gasteiger partial charge in [-0.25, -0.2) is 0 Å². The lowest BCUT2D eigenvalue weighted by molar-refractivity contribution is 3.24. The molecule has 0 aliphatic carbocycles. The summed E-state index contributed by atoms with van der Waals surface area (Å²) in [5, 5.41) is 0. The Morgan fingerprint density at radius 3 is 1.25 bits per heavy atom. The Balaban J connectivity index is 0. The fraction of sp³-hybridized carbons (Fsp3) is 0. The lowest BCUT2D eigenvalue weighted by Gasteiger charge is -1.33. The van der Waals surface area contributed by atoms with Gasteiger partial charge in [0.05, 0.1) is 0 Å². The van der Waals surface area contributed by atoms with Gasteiger partial charge in [-0.15, -0.1) is 0 Å². The zero-order chi connectivity index (χ0) is 2.71. The molecule has 0 N–H and O–H groups in total. The maximum Gasteiger partial charge on any atom is 0.552 e. The second kappa shape index (κ2) is 8.97. The fourth-order valence-electron chi connectivity index (χ4n) is 0. The van der Waals surface area contributed by atoms with Crippen LogP contribution in [0.1, 0.15) is 0 Å². The number of rotatable bonds is 0. The summed E-state index contributed by atoms with van der Waals surface area (Å²) in [4.78, 5) is 0. The van der Waals surface area contributed by atoms with Gasteiger partial charge in [-0.1, -0.05) is 7.43 Å². The Hall–Kier alpha value is 2.23. The summed E-state index contributed by atoms with van der Waals surface area (Å²) in [6.45, 7) is 0. The molecule has 0 aromatic carbocycles. The molecule has 0 aromatic heterocycles. The van der Waals surface area contributed by atoms with Crippen LogP contribution in [0.2, 0.25) is 0 Å². The minimum atomic E-state index is 0. The van der Waals surface area contributed by atoms with Gasteiger partial charge in [0, 0.05) is 0 Å². The van der Waals surface area contributed by atoms with E-state index in [1.165, 1.54) is 0 Å². The van der Waals surface area contributed by atoms with Crippen LogP contribution in [-0.2, 0) is 0 Å². The minimum Gasteiger partial charge on any atom is -0.276 e. The van der Waals surface area contributed by atoms with Crippen molar-refractivity contribution < 1.29 is 0 Å². The number of hydrogen-bond donors (Lipinski definition) is 0. The van der Waals surface area contributed by atoms with Crippen molar-refractivity contribution in [2.75, 3.05) is 0 Å². The first-order valence-corrected chi connectivity index (χ1v) is 10.8. The molecule has 0 heterocycles. The van der Waals surface area contributed by atoms with E-state index in [-0.39, 0.29) is 7.43 Å². The van der Waals surface area contributed by atoms with E-state index in [1.54, 1.807) is 0 Å². The lowest BCUT2D eigenvalue weighted by Crippen LogP contribution is -1.30. The second-order valence-electron chi connectivity index (χ2n) is 0.101. The van der Waals surface area contributed by atoms with Crippen LogP contribution in [-0.4, -0.2) is 12.6 Å². The minimum absolute atomic E-state index is 0. The average molecular weight is 293 g/mol. The van der Waals surface area contributed by atoms with Crippen LogP contribution in [0.3, 0.4) is 0 Å². The Morgan fingerprint density at radius 2 is 1.25 bits per heavy atom. The van der Waals surface area contributed by atoms with Crippen molar-refractivity contribution in [1.82, 2.24) is 0 Å². The third-order valence-corrected chi connectivity index (χ3v) is 0. The molecule has 1 radical (unpaired) electrons. The summed E-state index contributed by atoms with van der Waals surface area (Å²) in [5.41, 5.74) is 0. The molecule has 0 atom stereocenters. The molecule has 0 nitrogen and oxygen atoms in total. The smallest absolute Gasteiger partial charge is 0.276 e. The summed E-state index contributed by atoms with van der Waals surface area (Å²) in [5.74, 6) is 0. The number of halogens is 2. The molecule has 3 heteroatoms. The molecule has 0 rings (SSSR count). The van der Waals surface area contributed by atoms with Crippen LogP contribution >= 0.6 is 37.7 Å². The Bertz CT molecular complexity index is 6.00. The highest BCUT2D eigenvalue weighted by molar-refractivity contribution is 14.3. The molecule has 0 aromatic rings. The van der Waals surface area contributed by atoms with Gasteiger partial charge in [-0.2, -0.15) is 0 Å². The van der Waals surface area contributed by atoms with E-state index in [0.29, 0.717) is 12.6 Å². The Morgan fingerprint density at radius 1 is 1.25 bits per heavy atom. The summed E-state index contributed by atoms with van der Waals surface area (Å²) in [7, 11) is 0. The Kier molecular flexibility index (Phi) is 21.3. The van der Waals surface area contributed by atoms with E-state index in [0.717, 1.165) is 0 Å². The SMILES string of the molecule is [CH3].[I][Mg][I]. The van der Waals surface area contributed by atoms with Crippen LogP contribution in [0.15, 0.2) is 0 Å². The van der Waals surface area contributed by atoms with Crippen LogP contribution in [0, 0.1) is 7.43 Å². The maximum absolute atomic E-state index is 2.41. The van der Waals surface area contributed by atoms with Crippen molar-refractivity contribution in [3.63, 3.8) is 0 Å². The second-order valence-corrected chi connectivity index (χ2v) is 13.6. The van der Waals surface area contributed by atoms with E-state index in [9.17, 15) is 0 Å². The summed E-state index contributed by atoms with van der Waals surface area (Å²) in [6, 6.07) is 0. The molecule has 4 heavy (non-hydrogen) atoms. The first kappa shape index (κ1) is 9.52. The summed E-state index contributed by atoms with van der Waals surface area (Å²) in [6.07, 6.45) is 0. The highest BCUT2D eigenvalue weighted by atomic mass is 127. The van der Waals surface area contributed by atoms with E-state index >= 15 is 0 Å². The van der Waals surface area contributed by atoms with Gasteiger partial charge >= 0.3 is 12.6 Å². The molecule has 0 aliphatic rings. The van der Waals surface area contributed by atoms with E-state index in [4.69, 9.17) is 0 Å². The molecule has 0 fully saturated rings. The predicted octanol–water partition coefficient (Wildman–Crippen LogP) is 1.84. The quantitative estimate of drug-likeness (QED) is 0.472. The maximum atomic E-state index is 2.41. The van der Waals surface area contributed by atoms with Crippen molar-refractivity contribution in [2.24, 2.45) is 0 Å². The molecule has 23 valence electrons. The largest absolute Gasteiger partial charge is 0.552 e. The zero-order valence-electron chi connectivity index (χ0n) is 2.46. The molecule has 0 bridgehead atoms. The molecule has 0 saturated heterocycles. The van der Waals surface area contributed by atoms with Gasteiger partial charge in [-0.3, -0.25) is 37.7 Å². The van der Waals surface area contributed by atoms with Crippen LogP contribution in [0.5, 0.6) is 0 Å². The van der Waals surface area contributed by atoms with Crippen molar-refractivity contribution in [3.8, 4) is 0 Å². The first-order chi connectivity index (χ1) is 1.41. The van der Waals surface area contributed by atoms with Crippen LogP contribution in [0.25, 0.3) is 0 Å². The standard InChI is InChI=1S/CH3.2HI.Mg/h1H3;2*1H;/q;;;+2/p-2. The van der Waals surface area contributed by atoms with E-state index in [1.807, 2.05) is 0 Å².